The van der Waals surface area contributed by atoms with Crippen molar-refractivity contribution in [2.75, 3.05) is 13.1 Å². The van der Waals surface area contributed by atoms with Crippen LogP contribution in [0.4, 0.5) is 0 Å². The summed E-state index contributed by atoms with van der Waals surface area (Å²) in [7, 11) is 0. The molecule has 2 N–H and O–H groups in total. The van der Waals surface area contributed by atoms with Crippen LogP contribution in [0.1, 0.15) is 48.5 Å². The fourth-order valence-corrected chi connectivity index (χ4v) is 2.67. The van der Waals surface area contributed by atoms with Crippen molar-refractivity contribution in [1.82, 2.24) is 4.90 Å². The topological polar surface area (TPSA) is 46.3 Å². The van der Waals surface area contributed by atoms with Crippen LogP contribution >= 0.6 is 0 Å². The second-order valence-corrected chi connectivity index (χ2v) is 5.41. The van der Waals surface area contributed by atoms with Crippen LogP contribution in [0.2, 0.25) is 0 Å². The van der Waals surface area contributed by atoms with E-state index in [1.54, 1.807) is 0 Å². The summed E-state index contributed by atoms with van der Waals surface area (Å²) < 4.78 is 0. The summed E-state index contributed by atoms with van der Waals surface area (Å²) in [5, 5.41) is 0. The van der Waals surface area contributed by atoms with Crippen LogP contribution in [0.3, 0.4) is 0 Å². The SMILES string of the molecule is CC(C)N1CCCC(c2ccc(C(N)=O)cc2)C1. The number of carbonyl (C=O) groups excluding carboxylic acids is 1. The van der Waals surface area contributed by atoms with E-state index in [1.165, 1.54) is 24.9 Å². The molecule has 0 bridgehead atoms. The van der Waals surface area contributed by atoms with Gasteiger partial charge in [0.15, 0.2) is 0 Å². The van der Waals surface area contributed by atoms with Crippen LogP contribution in [0, 0.1) is 0 Å². The monoisotopic (exact) mass is 246 g/mol. The Balaban J connectivity index is 2.09. The molecule has 1 amide bonds. The predicted molar refractivity (Wildman–Crippen MR) is 73.6 cm³/mol. The largest absolute Gasteiger partial charge is 0.366 e. The van der Waals surface area contributed by atoms with Crippen molar-refractivity contribution in [2.24, 2.45) is 5.73 Å². The van der Waals surface area contributed by atoms with Gasteiger partial charge in [0.05, 0.1) is 0 Å². The van der Waals surface area contributed by atoms with Crippen molar-refractivity contribution in [1.29, 1.82) is 0 Å². The molecule has 0 aliphatic carbocycles. The Morgan fingerprint density at radius 2 is 2.00 bits per heavy atom. The molecule has 1 heterocycles. The molecule has 0 spiro atoms. The fraction of sp³-hybridized carbons (Fsp3) is 0.533. The zero-order chi connectivity index (χ0) is 13.1. The van der Waals surface area contributed by atoms with Crippen molar-refractivity contribution >= 4 is 5.91 Å². The molecule has 18 heavy (non-hydrogen) atoms. The molecule has 1 aromatic rings. The number of rotatable bonds is 3. The normalized spacial score (nSPS) is 21.2. The van der Waals surface area contributed by atoms with Crippen molar-refractivity contribution in [3.8, 4) is 0 Å². The minimum Gasteiger partial charge on any atom is -0.366 e. The predicted octanol–water partition coefficient (Wildman–Crippen LogP) is 2.37. The Hall–Kier alpha value is -1.35. The lowest BCUT2D eigenvalue weighted by molar-refractivity contribution is 0.100. The quantitative estimate of drug-likeness (QED) is 0.890. The molecule has 1 aromatic carbocycles. The molecule has 1 fully saturated rings. The van der Waals surface area contributed by atoms with E-state index in [0.717, 1.165) is 6.54 Å². The Morgan fingerprint density at radius 3 is 2.56 bits per heavy atom. The highest BCUT2D eigenvalue weighted by atomic mass is 16.1. The Labute approximate surface area is 109 Å². The van der Waals surface area contributed by atoms with Crippen LogP contribution in [0.5, 0.6) is 0 Å². The molecule has 0 aromatic heterocycles. The van der Waals surface area contributed by atoms with E-state index < -0.39 is 0 Å². The number of likely N-dealkylation sites (tertiary alicyclic amines) is 1. The van der Waals surface area contributed by atoms with Gasteiger partial charge in [0.1, 0.15) is 0 Å². The maximum absolute atomic E-state index is 11.0. The molecule has 0 radical (unpaired) electrons. The molecule has 1 unspecified atom stereocenters. The molecule has 1 atom stereocenters. The van der Waals surface area contributed by atoms with Crippen LogP contribution in [0.15, 0.2) is 24.3 Å². The molecule has 1 aliphatic rings. The summed E-state index contributed by atoms with van der Waals surface area (Å²) in [6.45, 7) is 6.82. The van der Waals surface area contributed by atoms with E-state index in [0.29, 0.717) is 17.5 Å². The summed E-state index contributed by atoms with van der Waals surface area (Å²) in [5.41, 5.74) is 7.17. The number of piperidine rings is 1. The van der Waals surface area contributed by atoms with Gasteiger partial charge in [-0.25, -0.2) is 0 Å². The van der Waals surface area contributed by atoms with Crippen LogP contribution in [0.25, 0.3) is 0 Å². The maximum atomic E-state index is 11.0. The average molecular weight is 246 g/mol. The number of amides is 1. The number of carbonyl (C=O) groups is 1. The number of hydrogen-bond donors (Lipinski definition) is 1. The number of nitrogens with zero attached hydrogens (tertiary/aromatic N) is 1. The first kappa shape index (κ1) is 13.1. The van der Waals surface area contributed by atoms with Gasteiger partial charge >= 0.3 is 0 Å². The Morgan fingerprint density at radius 1 is 1.33 bits per heavy atom. The van der Waals surface area contributed by atoms with E-state index in [9.17, 15) is 4.79 Å². The number of hydrogen-bond acceptors (Lipinski definition) is 2. The average Bonchev–Trinajstić information content (AvgIpc) is 2.39. The summed E-state index contributed by atoms with van der Waals surface area (Å²) in [5.74, 6) is 0.233. The van der Waals surface area contributed by atoms with E-state index in [1.807, 2.05) is 12.1 Å². The standard InChI is InChI=1S/C15H22N2O/c1-11(2)17-9-3-4-14(10-17)12-5-7-13(8-6-12)15(16)18/h5-8,11,14H,3-4,9-10H2,1-2H3,(H2,16,18). The molecule has 1 saturated heterocycles. The first-order valence-electron chi connectivity index (χ1n) is 6.71. The Bertz CT molecular complexity index is 411. The molecule has 1 aliphatic heterocycles. The van der Waals surface area contributed by atoms with Crippen molar-refractivity contribution in [3.63, 3.8) is 0 Å². The minimum absolute atomic E-state index is 0.353. The third kappa shape index (κ3) is 2.91. The molecule has 2 rings (SSSR count). The molecular weight excluding hydrogens is 224 g/mol. The van der Waals surface area contributed by atoms with Crippen molar-refractivity contribution in [2.45, 2.75) is 38.6 Å². The second-order valence-electron chi connectivity index (χ2n) is 5.41. The van der Waals surface area contributed by atoms with E-state index in [-0.39, 0.29) is 5.91 Å². The lowest BCUT2D eigenvalue weighted by atomic mass is 9.89. The van der Waals surface area contributed by atoms with Gasteiger partial charge in [0.2, 0.25) is 5.91 Å². The zero-order valence-electron chi connectivity index (χ0n) is 11.2. The van der Waals surface area contributed by atoms with Crippen molar-refractivity contribution < 1.29 is 4.79 Å². The highest BCUT2D eigenvalue weighted by Gasteiger charge is 2.22. The van der Waals surface area contributed by atoms with Gasteiger partial charge in [-0.3, -0.25) is 4.79 Å². The van der Waals surface area contributed by atoms with E-state index >= 15 is 0 Å². The third-order valence-electron chi connectivity index (χ3n) is 3.85. The van der Waals surface area contributed by atoms with E-state index in [4.69, 9.17) is 5.73 Å². The third-order valence-corrected chi connectivity index (χ3v) is 3.85. The number of benzene rings is 1. The van der Waals surface area contributed by atoms with Crippen LogP contribution in [-0.2, 0) is 0 Å². The maximum Gasteiger partial charge on any atom is 0.248 e. The van der Waals surface area contributed by atoms with Gasteiger partial charge in [0, 0.05) is 18.2 Å². The van der Waals surface area contributed by atoms with E-state index in [2.05, 4.69) is 30.9 Å². The van der Waals surface area contributed by atoms with Gasteiger partial charge in [-0.1, -0.05) is 12.1 Å². The first-order chi connectivity index (χ1) is 8.58. The van der Waals surface area contributed by atoms with Gasteiger partial charge in [-0.15, -0.1) is 0 Å². The summed E-state index contributed by atoms with van der Waals surface area (Å²) >= 11 is 0. The molecular formula is C15H22N2O. The van der Waals surface area contributed by atoms with Crippen molar-refractivity contribution in [3.05, 3.63) is 35.4 Å². The number of primary amides is 1. The van der Waals surface area contributed by atoms with Gasteiger partial charge in [0.25, 0.3) is 0 Å². The fourth-order valence-electron chi connectivity index (χ4n) is 2.67. The summed E-state index contributed by atoms with van der Waals surface area (Å²) in [4.78, 5) is 13.6. The first-order valence-corrected chi connectivity index (χ1v) is 6.71. The smallest absolute Gasteiger partial charge is 0.248 e. The lowest BCUT2D eigenvalue weighted by Crippen LogP contribution is -2.39. The van der Waals surface area contributed by atoms with Crippen LogP contribution in [-0.4, -0.2) is 29.9 Å². The molecule has 3 nitrogen and oxygen atoms in total. The second kappa shape index (κ2) is 5.53. The summed E-state index contributed by atoms with van der Waals surface area (Å²) in [6.07, 6.45) is 2.49. The number of nitrogens with two attached hydrogens (primary N) is 1. The lowest BCUT2D eigenvalue weighted by Gasteiger charge is -2.35. The highest BCUT2D eigenvalue weighted by Crippen LogP contribution is 2.27. The molecule has 98 valence electrons. The van der Waals surface area contributed by atoms with Gasteiger partial charge in [-0.2, -0.15) is 0 Å². The Kier molecular flexibility index (Phi) is 4.02. The zero-order valence-corrected chi connectivity index (χ0v) is 11.2. The van der Waals surface area contributed by atoms with Gasteiger partial charge < -0.3 is 10.6 Å². The minimum atomic E-state index is -0.353. The highest BCUT2D eigenvalue weighted by molar-refractivity contribution is 5.92. The van der Waals surface area contributed by atoms with Crippen LogP contribution < -0.4 is 5.73 Å². The molecule has 3 heteroatoms. The molecule has 0 saturated carbocycles. The van der Waals surface area contributed by atoms with Gasteiger partial charge in [-0.05, 0) is 56.8 Å². The summed E-state index contributed by atoms with van der Waals surface area (Å²) in [6, 6.07) is 8.39.